The fourth-order valence-electron chi connectivity index (χ4n) is 6.40. The van der Waals surface area contributed by atoms with Crippen LogP contribution < -0.4 is 0 Å². The summed E-state index contributed by atoms with van der Waals surface area (Å²) in [6.45, 7) is 5.21. The number of unbranched alkanes of at least 4 members (excludes halogenated alkanes) is 2. The first-order valence-corrected chi connectivity index (χ1v) is 12.7. The molecule has 0 amide bonds. The first-order valence-electron chi connectivity index (χ1n) is 12.7. The van der Waals surface area contributed by atoms with Crippen LogP contribution >= 0.6 is 0 Å². The molecule has 0 spiro atoms. The summed E-state index contributed by atoms with van der Waals surface area (Å²) in [6.07, 6.45) is 19.4. The number of morpholine rings is 1. The second-order valence-electron chi connectivity index (χ2n) is 10.3. The van der Waals surface area contributed by atoms with Gasteiger partial charge in [0.2, 0.25) is 0 Å². The highest BCUT2D eigenvalue weighted by Crippen LogP contribution is 2.48. The monoisotopic (exact) mass is 417 g/mol. The molecule has 3 fully saturated rings. The molecule has 4 heteroatoms. The van der Waals surface area contributed by atoms with E-state index in [2.05, 4.69) is 17.1 Å². The van der Waals surface area contributed by atoms with Crippen molar-refractivity contribution in [2.24, 2.45) is 23.7 Å². The minimum Gasteiger partial charge on any atom is -0.392 e. The van der Waals surface area contributed by atoms with Crippen LogP contribution in [0.3, 0.4) is 0 Å². The number of allylic oxidation sites excluding steroid dienone is 2. The lowest BCUT2D eigenvalue weighted by molar-refractivity contribution is 0.0371. The molecule has 0 bridgehead atoms. The Morgan fingerprint density at radius 1 is 1.13 bits per heavy atom. The minimum absolute atomic E-state index is 0.225. The molecule has 0 aromatic heterocycles. The van der Waals surface area contributed by atoms with E-state index in [0.29, 0.717) is 17.8 Å². The SMILES string of the molecule is O[C@H](C=C[C@@H]1[C@H]2CC(CCCCCN3CCOCC3)=C[C@H]2C[C@H]1O)CC1CCCC1. The largest absolute Gasteiger partial charge is 0.392 e. The molecule has 0 unspecified atom stereocenters. The molecule has 1 heterocycles. The topological polar surface area (TPSA) is 52.9 Å². The number of aliphatic hydroxyl groups is 2. The zero-order valence-corrected chi connectivity index (χ0v) is 18.8. The average molecular weight is 418 g/mol. The predicted molar refractivity (Wildman–Crippen MR) is 121 cm³/mol. The molecule has 4 rings (SSSR count). The lowest BCUT2D eigenvalue weighted by atomic mass is 9.88. The Hall–Kier alpha value is -0.680. The smallest absolute Gasteiger partial charge is 0.0723 e. The molecule has 0 aromatic carbocycles. The zero-order chi connectivity index (χ0) is 20.8. The number of fused-ring (bicyclic) bond motifs is 1. The molecule has 1 aliphatic heterocycles. The van der Waals surface area contributed by atoms with Crippen LogP contribution in [0.5, 0.6) is 0 Å². The van der Waals surface area contributed by atoms with Crippen molar-refractivity contribution < 1.29 is 14.9 Å². The van der Waals surface area contributed by atoms with Gasteiger partial charge < -0.3 is 14.9 Å². The van der Waals surface area contributed by atoms with Crippen LogP contribution in [0.15, 0.2) is 23.8 Å². The van der Waals surface area contributed by atoms with Gasteiger partial charge in [-0.3, -0.25) is 4.90 Å². The molecule has 0 aromatic rings. The summed E-state index contributed by atoms with van der Waals surface area (Å²) in [7, 11) is 0. The number of hydrogen-bond donors (Lipinski definition) is 2. The lowest BCUT2D eigenvalue weighted by Crippen LogP contribution is -2.36. The van der Waals surface area contributed by atoms with Crippen LogP contribution in [-0.2, 0) is 4.74 Å². The van der Waals surface area contributed by atoms with Crippen LogP contribution in [0.1, 0.15) is 70.6 Å². The first-order chi connectivity index (χ1) is 14.7. The van der Waals surface area contributed by atoms with E-state index in [4.69, 9.17) is 4.74 Å². The number of nitrogens with zero attached hydrogens (tertiary/aromatic N) is 1. The summed E-state index contributed by atoms with van der Waals surface area (Å²) >= 11 is 0. The summed E-state index contributed by atoms with van der Waals surface area (Å²) in [5, 5.41) is 21.0. The van der Waals surface area contributed by atoms with Crippen molar-refractivity contribution in [1.82, 2.24) is 4.90 Å². The van der Waals surface area contributed by atoms with Crippen molar-refractivity contribution in [2.45, 2.75) is 82.8 Å². The van der Waals surface area contributed by atoms with Crippen molar-refractivity contribution in [3.05, 3.63) is 23.8 Å². The van der Waals surface area contributed by atoms with Crippen molar-refractivity contribution >= 4 is 0 Å². The van der Waals surface area contributed by atoms with Crippen molar-refractivity contribution in [3.63, 3.8) is 0 Å². The fourth-order valence-corrected chi connectivity index (χ4v) is 6.40. The molecule has 3 aliphatic carbocycles. The maximum atomic E-state index is 10.6. The molecule has 4 aliphatic rings. The molecule has 5 atom stereocenters. The molecule has 170 valence electrons. The predicted octanol–water partition coefficient (Wildman–Crippen LogP) is 4.32. The van der Waals surface area contributed by atoms with E-state index in [1.54, 1.807) is 5.57 Å². The summed E-state index contributed by atoms with van der Waals surface area (Å²) in [4.78, 5) is 2.53. The zero-order valence-electron chi connectivity index (χ0n) is 18.8. The van der Waals surface area contributed by atoms with Crippen LogP contribution in [0.4, 0.5) is 0 Å². The quantitative estimate of drug-likeness (QED) is 0.411. The Labute approximate surface area is 183 Å². The van der Waals surface area contributed by atoms with E-state index in [1.807, 2.05) is 6.08 Å². The molecule has 2 saturated carbocycles. The minimum atomic E-state index is -0.334. The van der Waals surface area contributed by atoms with Gasteiger partial charge >= 0.3 is 0 Å². The van der Waals surface area contributed by atoms with E-state index >= 15 is 0 Å². The first kappa shape index (κ1) is 22.5. The third-order valence-electron chi connectivity index (χ3n) is 8.13. The van der Waals surface area contributed by atoms with Crippen LogP contribution in [0.2, 0.25) is 0 Å². The molecule has 2 N–H and O–H groups in total. The Kier molecular flexibility index (Phi) is 8.45. The molecule has 4 nitrogen and oxygen atoms in total. The van der Waals surface area contributed by atoms with E-state index in [9.17, 15) is 10.2 Å². The van der Waals surface area contributed by atoms with E-state index < -0.39 is 0 Å². The van der Waals surface area contributed by atoms with Crippen LogP contribution in [-0.4, -0.2) is 60.2 Å². The molecular weight excluding hydrogens is 374 g/mol. The van der Waals surface area contributed by atoms with Crippen molar-refractivity contribution in [1.29, 1.82) is 0 Å². The lowest BCUT2D eigenvalue weighted by Gasteiger charge is -2.26. The van der Waals surface area contributed by atoms with Gasteiger partial charge in [-0.15, -0.1) is 0 Å². The van der Waals surface area contributed by atoms with Gasteiger partial charge in [0.15, 0.2) is 0 Å². The highest BCUT2D eigenvalue weighted by molar-refractivity contribution is 5.21. The molecule has 1 saturated heterocycles. The average Bonchev–Trinajstić information content (AvgIpc) is 3.44. The normalized spacial score (nSPS) is 34.0. The Balaban J connectivity index is 1.16. The van der Waals surface area contributed by atoms with E-state index in [0.717, 1.165) is 45.6 Å². The standard InChI is InChI=1S/C26H43NO3/c28-23(17-20-6-3-4-7-20)9-10-24-25-18-21(16-22(25)19-26(24)29)8-2-1-5-11-27-12-14-30-15-13-27/h9-10,16,20,22-26,28-29H,1-8,11-15,17-19H2/t22-,23+,24+,25-,26+/m0/s1. The van der Waals surface area contributed by atoms with Gasteiger partial charge in [0.05, 0.1) is 25.4 Å². The highest BCUT2D eigenvalue weighted by Gasteiger charge is 2.43. The third kappa shape index (κ3) is 6.18. The van der Waals surface area contributed by atoms with E-state index in [1.165, 1.54) is 57.9 Å². The maximum absolute atomic E-state index is 10.6. The number of ether oxygens (including phenoxy) is 1. The Bertz CT molecular complexity index is 577. The molecule has 30 heavy (non-hydrogen) atoms. The third-order valence-corrected chi connectivity index (χ3v) is 8.13. The van der Waals surface area contributed by atoms with Gasteiger partial charge in [-0.05, 0) is 62.8 Å². The van der Waals surface area contributed by atoms with Gasteiger partial charge in [-0.2, -0.15) is 0 Å². The highest BCUT2D eigenvalue weighted by atomic mass is 16.5. The van der Waals surface area contributed by atoms with Gasteiger partial charge in [0.1, 0.15) is 0 Å². The Morgan fingerprint density at radius 2 is 1.93 bits per heavy atom. The summed E-state index contributed by atoms with van der Waals surface area (Å²) in [5.74, 6) is 2.03. The molecule has 0 radical (unpaired) electrons. The number of hydrogen-bond acceptors (Lipinski definition) is 4. The van der Waals surface area contributed by atoms with Crippen molar-refractivity contribution in [2.75, 3.05) is 32.8 Å². The molecular formula is C26H43NO3. The summed E-state index contributed by atoms with van der Waals surface area (Å²) in [5.41, 5.74) is 1.62. The number of aliphatic hydroxyl groups excluding tert-OH is 2. The second-order valence-corrected chi connectivity index (χ2v) is 10.3. The van der Waals surface area contributed by atoms with Gasteiger partial charge in [-0.1, -0.05) is 55.9 Å². The summed E-state index contributed by atoms with van der Waals surface area (Å²) < 4.78 is 5.42. The van der Waals surface area contributed by atoms with Crippen LogP contribution in [0.25, 0.3) is 0 Å². The van der Waals surface area contributed by atoms with Gasteiger partial charge in [0, 0.05) is 19.0 Å². The maximum Gasteiger partial charge on any atom is 0.0723 e. The van der Waals surface area contributed by atoms with Crippen molar-refractivity contribution in [3.8, 4) is 0 Å². The van der Waals surface area contributed by atoms with Crippen LogP contribution in [0, 0.1) is 23.7 Å². The fraction of sp³-hybridized carbons (Fsp3) is 0.846. The van der Waals surface area contributed by atoms with Gasteiger partial charge in [-0.25, -0.2) is 0 Å². The number of rotatable bonds is 10. The Morgan fingerprint density at radius 3 is 2.73 bits per heavy atom. The summed E-state index contributed by atoms with van der Waals surface area (Å²) in [6, 6.07) is 0. The second kappa shape index (κ2) is 11.3. The van der Waals surface area contributed by atoms with E-state index in [-0.39, 0.29) is 18.1 Å². The van der Waals surface area contributed by atoms with Gasteiger partial charge in [0.25, 0.3) is 0 Å².